The first-order valence-corrected chi connectivity index (χ1v) is 5.56. The Kier molecular flexibility index (Phi) is 6.94. The topological polar surface area (TPSA) is 35.6 Å². The van der Waals surface area contributed by atoms with Gasteiger partial charge in [-0.25, -0.2) is 0 Å². The van der Waals surface area contributed by atoms with Crippen molar-refractivity contribution in [1.82, 2.24) is 15.1 Å². The molecule has 8 heteroatoms. The van der Waals surface area contributed by atoms with E-state index in [-0.39, 0.29) is 37.4 Å². The molecule has 108 valence electrons. The van der Waals surface area contributed by atoms with Crippen LogP contribution in [0.25, 0.3) is 0 Å². The van der Waals surface area contributed by atoms with Gasteiger partial charge in [-0.3, -0.25) is 9.69 Å². The highest BCUT2D eigenvalue weighted by molar-refractivity contribution is 5.85. The summed E-state index contributed by atoms with van der Waals surface area (Å²) in [4.78, 5) is 14.5. The third kappa shape index (κ3) is 5.41. The highest BCUT2D eigenvalue weighted by Crippen LogP contribution is 2.20. The maximum atomic E-state index is 12.3. The van der Waals surface area contributed by atoms with Crippen molar-refractivity contribution < 1.29 is 18.0 Å². The Labute approximate surface area is 111 Å². The molecule has 1 aliphatic rings. The zero-order chi connectivity index (χ0) is 13.1. The molecule has 1 amide bonds. The van der Waals surface area contributed by atoms with Crippen LogP contribution in [-0.4, -0.2) is 67.7 Å². The molecule has 0 aromatic heterocycles. The largest absolute Gasteiger partial charge is 0.401 e. The van der Waals surface area contributed by atoms with Crippen LogP contribution in [0.4, 0.5) is 13.2 Å². The summed E-state index contributed by atoms with van der Waals surface area (Å²) in [6.45, 7) is 2.03. The number of nitrogens with one attached hydrogen (secondary N) is 1. The summed E-state index contributed by atoms with van der Waals surface area (Å²) in [6.07, 6.45) is -4.18. The van der Waals surface area contributed by atoms with Crippen LogP contribution in [0.2, 0.25) is 0 Å². The molecule has 0 spiro atoms. The minimum atomic E-state index is -4.18. The summed E-state index contributed by atoms with van der Waals surface area (Å²) in [7, 11) is 1.67. The SMILES string of the molecule is CNCC(=O)N1CCN(CC(F)(F)F)C(C)C1.Cl. The first-order valence-electron chi connectivity index (χ1n) is 5.56. The molecule has 1 aliphatic heterocycles. The van der Waals surface area contributed by atoms with Crippen molar-refractivity contribution in [3.8, 4) is 0 Å². The van der Waals surface area contributed by atoms with Crippen molar-refractivity contribution in [1.29, 1.82) is 0 Å². The van der Waals surface area contributed by atoms with Gasteiger partial charge in [0.25, 0.3) is 0 Å². The zero-order valence-electron chi connectivity index (χ0n) is 10.5. The second-order valence-corrected chi connectivity index (χ2v) is 4.30. The number of hydrogen-bond acceptors (Lipinski definition) is 3. The van der Waals surface area contributed by atoms with Crippen LogP contribution in [0, 0.1) is 0 Å². The van der Waals surface area contributed by atoms with Gasteiger partial charge in [0.15, 0.2) is 0 Å². The fourth-order valence-corrected chi connectivity index (χ4v) is 1.95. The number of amides is 1. The van der Waals surface area contributed by atoms with Crippen molar-refractivity contribution in [2.45, 2.75) is 19.1 Å². The second kappa shape index (κ2) is 7.16. The lowest BCUT2D eigenvalue weighted by Gasteiger charge is -2.40. The second-order valence-electron chi connectivity index (χ2n) is 4.30. The fourth-order valence-electron chi connectivity index (χ4n) is 1.95. The van der Waals surface area contributed by atoms with E-state index in [1.165, 1.54) is 4.90 Å². The van der Waals surface area contributed by atoms with Gasteiger partial charge in [0, 0.05) is 25.7 Å². The molecule has 1 saturated heterocycles. The molecule has 1 fully saturated rings. The highest BCUT2D eigenvalue weighted by Gasteiger charge is 2.35. The number of nitrogens with zero attached hydrogens (tertiary/aromatic N) is 2. The van der Waals surface area contributed by atoms with Crippen LogP contribution >= 0.6 is 12.4 Å². The Balaban J connectivity index is 0.00000289. The van der Waals surface area contributed by atoms with E-state index in [0.717, 1.165) is 0 Å². The van der Waals surface area contributed by atoms with E-state index >= 15 is 0 Å². The molecule has 1 unspecified atom stereocenters. The average molecular weight is 290 g/mol. The van der Waals surface area contributed by atoms with Crippen LogP contribution in [-0.2, 0) is 4.79 Å². The van der Waals surface area contributed by atoms with Gasteiger partial charge in [-0.15, -0.1) is 12.4 Å². The number of rotatable bonds is 3. The number of alkyl halides is 3. The summed E-state index contributed by atoms with van der Waals surface area (Å²) in [5.74, 6) is -0.0639. The van der Waals surface area contributed by atoms with Crippen LogP contribution in [0.15, 0.2) is 0 Å². The van der Waals surface area contributed by atoms with E-state index in [9.17, 15) is 18.0 Å². The van der Waals surface area contributed by atoms with Crippen LogP contribution < -0.4 is 5.32 Å². The zero-order valence-corrected chi connectivity index (χ0v) is 11.3. The summed E-state index contributed by atoms with van der Waals surface area (Å²) in [5, 5.41) is 2.74. The molecule has 1 atom stereocenters. The molecule has 0 saturated carbocycles. The number of carbonyl (C=O) groups is 1. The minimum Gasteiger partial charge on any atom is -0.339 e. The van der Waals surface area contributed by atoms with Crippen molar-refractivity contribution in [2.75, 3.05) is 39.8 Å². The van der Waals surface area contributed by atoms with Gasteiger partial charge in [-0.2, -0.15) is 13.2 Å². The quantitative estimate of drug-likeness (QED) is 0.832. The van der Waals surface area contributed by atoms with E-state index in [2.05, 4.69) is 5.32 Å². The molecule has 4 nitrogen and oxygen atoms in total. The van der Waals surface area contributed by atoms with Gasteiger partial charge in [-0.1, -0.05) is 0 Å². The number of likely N-dealkylation sites (N-methyl/N-ethyl adjacent to an activating group) is 1. The average Bonchev–Trinajstić information content (AvgIpc) is 2.19. The standard InChI is InChI=1S/C10H18F3N3O.ClH/c1-8-6-15(9(17)5-14-2)3-4-16(8)7-10(11,12)13;/h8,14H,3-7H2,1-2H3;1H. The van der Waals surface area contributed by atoms with Crippen molar-refractivity contribution in [2.24, 2.45) is 0 Å². The van der Waals surface area contributed by atoms with Gasteiger partial charge >= 0.3 is 6.18 Å². The van der Waals surface area contributed by atoms with Crippen LogP contribution in [0.3, 0.4) is 0 Å². The Morgan fingerprint density at radius 2 is 2.00 bits per heavy atom. The van der Waals surface area contributed by atoms with E-state index in [0.29, 0.717) is 13.1 Å². The smallest absolute Gasteiger partial charge is 0.339 e. The summed E-state index contributed by atoms with van der Waals surface area (Å²) >= 11 is 0. The van der Waals surface area contributed by atoms with Crippen molar-refractivity contribution >= 4 is 18.3 Å². The van der Waals surface area contributed by atoms with Crippen molar-refractivity contribution in [3.63, 3.8) is 0 Å². The highest BCUT2D eigenvalue weighted by atomic mass is 35.5. The molecule has 1 rings (SSSR count). The minimum absolute atomic E-state index is 0. The lowest BCUT2D eigenvalue weighted by molar-refractivity contribution is -0.157. The Hall–Kier alpha value is -0.530. The molecule has 0 aromatic rings. The number of piperazine rings is 1. The van der Waals surface area contributed by atoms with Gasteiger partial charge in [0.05, 0.1) is 13.1 Å². The predicted molar refractivity (Wildman–Crippen MR) is 64.8 cm³/mol. The van der Waals surface area contributed by atoms with Gasteiger partial charge in [-0.05, 0) is 14.0 Å². The number of halogens is 4. The molecular weight excluding hydrogens is 271 g/mol. The number of carbonyl (C=O) groups excluding carboxylic acids is 1. The van der Waals surface area contributed by atoms with Crippen LogP contribution in [0.5, 0.6) is 0 Å². The first kappa shape index (κ1) is 17.5. The normalized spacial score (nSPS) is 21.6. The third-order valence-electron chi connectivity index (χ3n) is 2.83. The summed E-state index contributed by atoms with van der Waals surface area (Å²) < 4.78 is 36.8. The lowest BCUT2D eigenvalue weighted by atomic mass is 10.2. The fraction of sp³-hybridized carbons (Fsp3) is 0.900. The molecule has 0 bridgehead atoms. The van der Waals surface area contributed by atoms with Gasteiger partial charge < -0.3 is 10.2 Å². The molecule has 1 N–H and O–H groups in total. The van der Waals surface area contributed by atoms with Crippen LogP contribution in [0.1, 0.15) is 6.92 Å². The Bertz CT molecular complexity index is 276. The van der Waals surface area contributed by atoms with E-state index in [1.54, 1.807) is 18.9 Å². The Morgan fingerprint density at radius 3 is 2.44 bits per heavy atom. The molecule has 1 heterocycles. The third-order valence-corrected chi connectivity index (χ3v) is 2.83. The van der Waals surface area contributed by atoms with E-state index < -0.39 is 12.7 Å². The molecule has 0 aromatic carbocycles. The maximum Gasteiger partial charge on any atom is 0.401 e. The molecule has 18 heavy (non-hydrogen) atoms. The summed E-state index contributed by atoms with van der Waals surface area (Å²) in [6, 6.07) is -0.258. The molecule has 0 radical (unpaired) electrons. The molecular formula is C10H19ClF3N3O. The summed E-state index contributed by atoms with van der Waals surface area (Å²) in [5.41, 5.74) is 0. The number of hydrogen-bond donors (Lipinski definition) is 1. The Morgan fingerprint density at radius 1 is 1.39 bits per heavy atom. The lowest BCUT2D eigenvalue weighted by Crippen LogP contribution is -2.56. The predicted octanol–water partition coefficient (Wildman–Crippen LogP) is 0.723. The van der Waals surface area contributed by atoms with E-state index in [4.69, 9.17) is 0 Å². The first-order chi connectivity index (χ1) is 7.83. The monoisotopic (exact) mass is 289 g/mol. The maximum absolute atomic E-state index is 12.3. The van der Waals surface area contributed by atoms with Gasteiger partial charge in [0.1, 0.15) is 0 Å². The van der Waals surface area contributed by atoms with Crippen molar-refractivity contribution in [3.05, 3.63) is 0 Å². The van der Waals surface area contributed by atoms with E-state index in [1.807, 2.05) is 0 Å². The van der Waals surface area contributed by atoms with Gasteiger partial charge in [0.2, 0.25) is 5.91 Å². The molecule has 0 aliphatic carbocycles.